The molecule has 114 valence electrons. The van der Waals surface area contributed by atoms with E-state index in [1.165, 1.54) is 25.7 Å². The first kappa shape index (κ1) is 13.6. The summed E-state index contributed by atoms with van der Waals surface area (Å²) in [4.78, 5) is 12.2. The molecule has 1 amide bonds. The Bertz CT molecular complexity index is 647. The van der Waals surface area contributed by atoms with Gasteiger partial charge < -0.3 is 5.32 Å². The Morgan fingerprint density at radius 3 is 2.68 bits per heavy atom. The zero-order valence-electron chi connectivity index (χ0n) is 12.6. The number of carbonyl (C=O) groups is 1. The SMILES string of the molecule is O=C(C[C@@H]1C[C@H]2CC[C@H]1C2)Nc1ccc(-c2ccn[nH]2)cc1. The summed E-state index contributed by atoms with van der Waals surface area (Å²) in [5.74, 6) is 2.48. The minimum absolute atomic E-state index is 0.159. The van der Waals surface area contributed by atoms with Crippen molar-refractivity contribution >= 4 is 11.6 Å². The Labute approximate surface area is 130 Å². The molecule has 0 unspecified atom stereocenters. The lowest BCUT2D eigenvalue weighted by Gasteiger charge is -2.20. The number of aromatic amines is 1. The van der Waals surface area contributed by atoms with Crippen LogP contribution >= 0.6 is 0 Å². The summed E-state index contributed by atoms with van der Waals surface area (Å²) < 4.78 is 0. The predicted octanol–water partition coefficient (Wildman–Crippen LogP) is 3.84. The molecule has 2 aliphatic rings. The van der Waals surface area contributed by atoms with Gasteiger partial charge in [0.05, 0.1) is 5.69 Å². The van der Waals surface area contributed by atoms with Crippen LogP contribution in [0.3, 0.4) is 0 Å². The summed E-state index contributed by atoms with van der Waals surface area (Å²) in [6.45, 7) is 0. The highest BCUT2D eigenvalue weighted by molar-refractivity contribution is 5.91. The van der Waals surface area contributed by atoms with Gasteiger partial charge in [0, 0.05) is 18.3 Å². The van der Waals surface area contributed by atoms with Gasteiger partial charge in [-0.2, -0.15) is 5.10 Å². The monoisotopic (exact) mass is 295 g/mol. The quantitative estimate of drug-likeness (QED) is 0.900. The molecular formula is C18H21N3O. The Hall–Kier alpha value is -2.10. The fraction of sp³-hybridized carbons (Fsp3) is 0.444. The maximum atomic E-state index is 12.2. The second kappa shape index (κ2) is 5.59. The van der Waals surface area contributed by atoms with Crippen LogP contribution in [0.2, 0.25) is 0 Å². The zero-order chi connectivity index (χ0) is 14.9. The van der Waals surface area contributed by atoms with Gasteiger partial charge in [0.15, 0.2) is 0 Å². The molecule has 2 aliphatic carbocycles. The molecule has 2 N–H and O–H groups in total. The average Bonchev–Trinajstić information content (AvgIpc) is 3.25. The number of carbonyl (C=O) groups excluding carboxylic acids is 1. The van der Waals surface area contributed by atoms with Crippen LogP contribution in [0.15, 0.2) is 36.5 Å². The topological polar surface area (TPSA) is 57.8 Å². The number of nitrogens with one attached hydrogen (secondary N) is 2. The van der Waals surface area contributed by atoms with Gasteiger partial charge in [0.25, 0.3) is 0 Å². The first-order valence-electron chi connectivity index (χ1n) is 8.17. The van der Waals surface area contributed by atoms with Crippen molar-refractivity contribution < 1.29 is 4.79 Å². The van der Waals surface area contributed by atoms with Crippen LogP contribution in [0.25, 0.3) is 11.3 Å². The van der Waals surface area contributed by atoms with E-state index in [-0.39, 0.29) is 5.91 Å². The molecule has 3 atom stereocenters. The molecule has 2 bridgehead atoms. The van der Waals surface area contributed by atoms with Gasteiger partial charge in [0.1, 0.15) is 0 Å². The molecule has 2 fully saturated rings. The summed E-state index contributed by atoms with van der Waals surface area (Å²) in [6, 6.07) is 9.84. The normalized spacial score (nSPS) is 26.3. The molecule has 0 radical (unpaired) electrons. The van der Waals surface area contributed by atoms with Crippen molar-refractivity contribution in [1.29, 1.82) is 0 Å². The number of hydrogen-bond donors (Lipinski definition) is 2. The number of anilines is 1. The van der Waals surface area contributed by atoms with Crippen LogP contribution in [0.5, 0.6) is 0 Å². The van der Waals surface area contributed by atoms with Crippen molar-refractivity contribution in [3.63, 3.8) is 0 Å². The second-order valence-corrected chi connectivity index (χ2v) is 6.73. The van der Waals surface area contributed by atoms with Gasteiger partial charge in [-0.3, -0.25) is 9.89 Å². The number of nitrogens with zero attached hydrogens (tertiary/aromatic N) is 1. The van der Waals surface area contributed by atoms with Crippen molar-refractivity contribution in [3.8, 4) is 11.3 Å². The van der Waals surface area contributed by atoms with E-state index in [0.717, 1.165) is 28.8 Å². The summed E-state index contributed by atoms with van der Waals surface area (Å²) in [6.07, 6.45) is 7.76. The van der Waals surface area contributed by atoms with Crippen LogP contribution in [0, 0.1) is 17.8 Å². The number of fused-ring (bicyclic) bond motifs is 2. The van der Waals surface area contributed by atoms with Crippen LogP contribution in [-0.2, 0) is 4.79 Å². The Balaban J connectivity index is 1.35. The molecule has 4 nitrogen and oxygen atoms in total. The third-order valence-electron chi connectivity index (χ3n) is 5.31. The molecule has 4 heteroatoms. The largest absolute Gasteiger partial charge is 0.326 e. The van der Waals surface area contributed by atoms with Gasteiger partial charge in [-0.1, -0.05) is 18.6 Å². The molecule has 22 heavy (non-hydrogen) atoms. The smallest absolute Gasteiger partial charge is 0.224 e. The summed E-state index contributed by atoms with van der Waals surface area (Å²) in [5, 5.41) is 9.93. The van der Waals surface area contributed by atoms with E-state index < -0.39 is 0 Å². The molecule has 2 saturated carbocycles. The van der Waals surface area contributed by atoms with E-state index in [2.05, 4.69) is 15.5 Å². The van der Waals surface area contributed by atoms with E-state index >= 15 is 0 Å². The fourth-order valence-electron chi connectivity index (χ4n) is 4.23. The summed E-state index contributed by atoms with van der Waals surface area (Å²) >= 11 is 0. The van der Waals surface area contributed by atoms with Gasteiger partial charge in [0.2, 0.25) is 5.91 Å². The highest BCUT2D eigenvalue weighted by Crippen LogP contribution is 2.49. The standard InChI is InChI=1S/C18H21N3O/c22-18(11-15-10-12-1-2-14(15)9-12)20-16-5-3-13(4-6-16)17-7-8-19-21-17/h3-8,12,14-15H,1-2,9-11H2,(H,19,21)(H,20,22)/t12-,14-,15-/m0/s1. The van der Waals surface area contributed by atoms with Crippen LogP contribution in [0.4, 0.5) is 5.69 Å². The Kier molecular flexibility index (Phi) is 3.45. The predicted molar refractivity (Wildman–Crippen MR) is 86.2 cm³/mol. The average molecular weight is 295 g/mol. The van der Waals surface area contributed by atoms with E-state index in [0.29, 0.717) is 12.3 Å². The number of rotatable bonds is 4. The molecule has 0 aliphatic heterocycles. The third-order valence-corrected chi connectivity index (χ3v) is 5.31. The lowest BCUT2D eigenvalue weighted by atomic mass is 9.86. The first-order chi connectivity index (χ1) is 10.8. The van der Waals surface area contributed by atoms with Crippen LogP contribution in [0.1, 0.15) is 32.1 Å². The summed E-state index contributed by atoms with van der Waals surface area (Å²) in [7, 11) is 0. The van der Waals surface area contributed by atoms with E-state index in [4.69, 9.17) is 0 Å². The third kappa shape index (κ3) is 2.65. The maximum Gasteiger partial charge on any atom is 0.224 e. The number of hydrogen-bond acceptors (Lipinski definition) is 2. The van der Waals surface area contributed by atoms with Gasteiger partial charge in [-0.15, -0.1) is 0 Å². The van der Waals surface area contributed by atoms with Crippen molar-refractivity contribution in [2.75, 3.05) is 5.32 Å². The molecular weight excluding hydrogens is 274 g/mol. The lowest BCUT2D eigenvalue weighted by molar-refractivity contribution is -0.117. The van der Waals surface area contributed by atoms with E-state index in [1.807, 2.05) is 30.3 Å². The molecule has 1 aromatic carbocycles. The van der Waals surface area contributed by atoms with E-state index in [9.17, 15) is 4.79 Å². The number of aromatic nitrogens is 2. The minimum atomic E-state index is 0.159. The van der Waals surface area contributed by atoms with Crippen molar-refractivity contribution in [2.45, 2.75) is 32.1 Å². The maximum absolute atomic E-state index is 12.2. The first-order valence-corrected chi connectivity index (χ1v) is 8.17. The zero-order valence-corrected chi connectivity index (χ0v) is 12.6. The van der Waals surface area contributed by atoms with Gasteiger partial charge >= 0.3 is 0 Å². The minimum Gasteiger partial charge on any atom is -0.326 e. The van der Waals surface area contributed by atoms with Gasteiger partial charge in [-0.25, -0.2) is 0 Å². The van der Waals surface area contributed by atoms with Gasteiger partial charge in [-0.05, 0) is 60.8 Å². The highest BCUT2D eigenvalue weighted by atomic mass is 16.1. The van der Waals surface area contributed by atoms with Crippen molar-refractivity contribution in [1.82, 2.24) is 10.2 Å². The van der Waals surface area contributed by atoms with Crippen molar-refractivity contribution in [2.24, 2.45) is 17.8 Å². The molecule has 2 aromatic rings. The Morgan fingerprint density at radius 1 is 1.18 bits per heavy atom. The summed E-state index contributed by atoms with van der Waals surface area (Å²) in [5.41, 5.74) is 2.93. The molecule has 0 saturated heterocycles. The molecule has 4 rings (SSSR count). The fourth-order valence-corrected chi connectivity index (χ4v) is 4.23. The number of amides is 1. The number of H-pyrrole nitrogens is 1. The van der Waals surface area contributed by atoms with Crippen molar-refractivity contribution in [3.05, 3.63) is 36.5 Å². The van der Waals surface area contributed by atoms with E-state index in [1.54, 1.807) is 6.20 Å². The Morgan fingerprint density at radius 2 is 2.05 bits per heavy atom. The second-order valence-electron chi connectivity index (χ2n) is 6.73. The lowest BCUT2D eigenvalue weighted by Crippen LogP contribution is -2.20. The van der Waals surface area contributed by atoms with Crippen LogP contribution < -0.4 is 5.32 Å². The molecule has 1 heterocycles. The highest BCUT2D eigenvalue weighted by Gasteiger charge is 2.40. The molecule has 0 spiro atoms. The van der Waals surface area contributed by atoms with Crippen LogP contribution in [-0.4, -0.2) is 16.1 Å². The number of benzene rings is 1. The molecule has 1 aromatic heterocycles.